The quantitative estimate of drug-likeness (QED) is 0.0417. The van der Waals surface area contributed by atoms with Gasteiger partial charge >= 0.3 is 5.97 Å². The summed E-state index contributed by atoms with van der Waals surface area (Å²) in [7, 11) is 0. The maximum absolute atomic E-state index is 12.6. The van der Waals surface area contributed by atoms with E-state index in [1.807, 2.05) is 0 Å². The largest absolute Gasteiger partial charge is 0.466 e. The minimum Gasteiger partial charge on any atom is -0.466 e. The van der Waals surface area contributed by atoms with Gasteiger partial charge in [-0.05, 0) is 25.7 Å². The van der Waals surface area contributed by atoms with Crippen molar-refractivity contribution in [1.29, 1.82) is 0 Å². The number of aliphatic hydroxyl groups excluding tert-OH is 2. The number of ether oxygens (including phenoxy) is 1. The maximum atomic E-state index is 12.6. The monoisotopic (exact) mass is 1190 g/mol. The fraction of sp³-hybridized carbons (Fsp3) is 0.974. The molecule has 1 amide bonds. The van der Waals surface area contributed by atoms with Crippen LogP contribution in [0.3, 0.4) is 0 Å². The first-order valence-corrected chi connectivity index (χ1v) is 39.3. The molecule has 0 aromatic rings. The smallest absolute Gasteiger partial charge is 0.305 e. The summed E-state index contributed by atoms with van der Waals surface area (Å²) >= 11 is 0. The average Bonchev–Trinajstić information content (AvgIpc) is 3.50. The Kier molecular flexibility index (Phi) is 73.3. The number of rotatable bonds is 75. The van der Waals surface area contributed by atoms with Crippen LogP contribution in [0.4, 0.5) is 0 Å². The summed E-state index contributed by atoms with van der Waals surface area (Å²) < 4.78 is 5.49. The van der Waals surface area contributed by atoms with Crippen molar-refractivity contribution >= 4 is 11.9 Å². The molecule has 2 atom stereocenters. The van der Waals surface area contributed by atoms with E-state index in [0.717, 1.165) is 38.5 Å². The zero-order valence-electron chi connectivity index (χ0n) is 57.7. The van der Waals surface area contributed by atoms with E-state index in [1.165, 1.54) is 392 Å². The van der Waals surface area contributed by atoms with Crippen LogP contribution in [-0.4, -0.2) is 47.4 Å². The standard InChI is InChI=1S/C78H155NO5/c1-3-5-7-9-11-13-15-17-18-19-20-21-22-29-32-35-38-41-44-47-50-54-58-62-66-70-76(81)75(74-80)79-77(82)71-67-63-59-55-51-48-45-42-39-36-33-30-27-25-23-24-26-28-31-34-37-40-43-46-49-53-57-61-65-69-73-84-78(83)72-68-64-60-56-52-16-14-12-10-8-6-4-2/h75-76,80-81H,3-74H2,1-2H3,(H,79,82). The van der Waals surface area contributed by atoms with Gasteiger partial charge < -0.3 is 20.3 Å². The van der Waals surface area contributed by atoms with Gasteiger partial charge in [0.1, 0.15) is 0 Å². The zero-order chi connectivity index (χ0) is 60.6. The molecule has 0 aliphatic heterocycles. The molecule has 0 heterocycles. The Morgan fingerprint density at radius 3 is 0.726 bits per heavy atom. The summed E-state index contributed by atoms with van der Waals surface area (Å²) in [6.45, 7) is 5.01. The topological polar surface area (TPSA) is 95.9 Å². The lowest BCUT2D eigenvalue weighted by molar-refractivity contribution is -0.143. The minimum atomic E-state index is -0.662. The number of nitrogens with one attached hydrogen (secondary N) is 1. The summed E-state index contributed by atoms with van der Waals surface area (Å²) in [5.74, 6) is -0.00206. The van der Waals surface area contributed by atoms with E-state index in [2.05, 4.69) is 19.2 Å². The van der Waals surface area contributed by atoms with Gasteiger partial charge in [0.25, 0.3) is 0 Å². The highest BCUT2D eigenvalue weighted by Gasteiger charge is 2.20. The van der Waals surface area contributed by atoms with Gasteiger partial charge in [0.2, 0.25) is 5.91 Å². The van der Waals surface area contributed by atoms with E-state index in [0.29, 0.717) is 25.9 Å². The molecule has 0 aliphatic rings. The van der Waals surface area contributed by atoms with Gasteiger partial charge in [-0.25, -0.2) is 0 Å². The van der Waals surface area contributed by atoms with E-state index in [-0.39, 0.29) is 18.5 Å². The summed E-state index contributed by atoms with van der Waals surface area (Å²) in [5, 5.41) is 23.5. The first-order valence-electron chi connectivity index (χ1n) is 39.3. The van der Waals surface area contributed by atoms with Crippen LogP contribution in [0, 0.1) is 0 Å². The number of aliphatic hydroxyl groups is 2. The van der Waals surface area contributed by atoms with Crippen LogP contribution in [0.15, 0.2) is 0 Å². The van der Waals surface area contributed by atoms with Crippen LogP contribution in [0.5, 0.6) is 0 Å². The molecule has 6 heteroatoms. The zero-order valence-corrected chi connectivity index (χ0v) is 57.7. The van der Waals surface area contributed by atoms with Gasteiger partial charge in [0, 0.05) is 12.8 Å². The third-order valence-corrected chi connectivity index (χ3v) is 18.9. The Morgan fingerprint density at radius 2 is 0.488 bits per heavy atom. The molecule has 0 radical (unpaired) electrons. The summed E-state index contributed by atoms with van der Waals surface area (Å²) in [6.07, 6.45) is 91.9. The summed E-state index contributed by atoms with van der Waals surface area (Å²) in [4.78, 5) is 24.6. The molecular formula is C78H155NO5. The van der Waals surface area contributed by atoms with Crippen molar-refractivity contribution in [1.82, 2.24) is 5.32 Å². The molecule has 0 spiro atoms. The number of carbonyl (C=O) groups excluding carboxylic acids is 2. The summed E-state index contributed by atoms with van der Waals surface area (Å²) in [5.41, 5.74) is 0. The van der Waals surface area contributed by atoms with Crippen molar-refractivity contribution in [2.24, 2.45) is 0 Å². The van der Waals surface area contributed by atoms with Crippen LogP contribution >= 0.6 is 0 Å². The van der Waals surface area contributed by atoms with Gasteiger partial charge in [0.05, 0.1) is 25.4 Å². The first-order chi connectivity index (χ1) is 41.5. The number of amides is 1. The van der Waals surface area contributed by atoms with E-state index >= 15 is 0 Å². The van der Waals surface area contributed by atoms with Crippen molar-refractivity contribution in [3.8, 4) is 0 Å². The van der Waals surface area contributed by atoms with Crippen molar-refractivity contribution in [2.75, 3.05) is 13.2 Å². The van der Waals surface area contributed by atoms with Crippen molar-refractivity contribution < 1.29 is 24.5 Å². The van der Waals surface area contributed by atoms with Crippen molar-refractivity contribution in [3.05, 3.63) is 0 Å². The second kappa shape index (κ2) is 74.3. The molecule has 2 unspecified atom stereocenters. The van der Waals surface area contributed by atoms with Gasteiger partial charge in [-0.15, -0.1) is 0 Å². The Hall–Kier alpha value is -1.14. The van der Waals surface area contributed by atoms with Crippen LogP contribution in [0.1, 0.15) is 463 Å². The Morgan fingerprint density at radius 1 is 0.286 bits per heavy atom. The fourth-order valence-corrected chi connectivity index (χ4v) is 12.9. The number of esters is 1. The van der Waals surface area contributed by atoms with Crippen LogP contribution < -0.4 is 5.32 Å². The fourth-order valence-electron chi connectivity index (χ4n) is 12.9. The van der Waals surface area contributed by atoms with Crippen molar-refractivity contribution in [3.63, 3.8) is 0 Å². The minimum absolute atomic E-state index is 0.0223. The van der Waals surface area contributed by atoms with Gasteiger partial charge in [-0.1, -0.05) is 425 Å². The predicted molar refractivity (Wildman–Crippen MR) is 371 cm³/mol. The molecule has 0 saturated carbocycles. The lowest BCUT2D eigenvalue weighted by atomic mass is 10.0. The SMILES string of the molecule is CCCCCCCCCCCCCCCCCCCCCCCCCCCC(O)C(CO)NC(=O)CCCCCCCCCCCCCCCCCCCCCCCCCCCCCCCCOC(=O)CCCCCCCCCCCCCC. The van der Waals surface area contributed by atoms with Crippen LogP contribution in [0.25, 0.3) is 0 Å². The lowest BCUT2D eigenvalue weighted by Gasteiger charge is -2.22. The van der Waals surface area contributed by atoms with Gasteiger partial charge in [-0.3, -0.25) is 9.59 Å². The summed E-state index contributed by atoms with van der Waals surface area (Å²) in [6, 6.07) is -0.539. The van der Waals surface area contributed by atoms with E-state index in [1.54, 1.807) is 0 Å². The van der Waals surface area contributed by atoms with Crippen molar-refractivity contribution in [2.45, 2.75) is 475 Å². The highest BCUT2D eigenvalue weighted by atomic mass is 16.5. The third-order valence-electron chi connectivity index (χ3n) is 18.9. The Bertz CT molecular complexity index is 1230. The molecule has 0 aromatic heterocycles. The average molecular weight is 1190 g/mol. The molecule has 84 heavy (non-hydrogen) atoms. The molecule has 502 valence electrons. The second-order valence-electron chi connectivity index (χ2n) is 27.4. The highest BCUT2D eigenvalue weighted by molar-refractivity contribution is 5.76. The lowest BCUT2D eigenvalue weighted by Crippen LogP contribution is -2.45. The molecule has 0 bridgehead atoms. The van der Waals surface area contributed by atoms with Crippen LogP contribution in [0.2, 0.25) is 0 Å². The molecule has 3 N–H and O–H groups in total. The Balaban J connectivity index is 3.33. The normalized spacial score (nSPS) is 12.4. The van der Waals surface area contributed by atoms with Crippen LogP contribution in [-0.2, 0) is 14.3 Å². The maximum Gasteiger partial charge on any atom is 0.305 e. The van der Waals surface area contributed by atoms with Gasteiger partial charge in [0.15, 0.2) is 0 Å². The van der Waals surface area contributed by atoms with E-state index in [4.69, 9.17) is 4.74 Å². The van der Waals surface area contributed by atoms with E-state index < -0.39 is 12.1 Å². The molecule has 0 fully saturated rings. The van der Waals surface area contributed by atoms with E-state index in [9.17, 15) is 19.8 Å². The molecule has 6 nitrogen and oxygen atoms in total. The molecule has 0 rings (SSSR count). The molecule has 0 aromatic carbocycles. The highest BCUT2D eigenvalue weighted by Crippen LogP contribution is 2.21. The number of unbranched alkanes of at least 4 members (excludes halogenated alkanes) is 64. The third kappa shape index (κ3) is 70.0. The molecule has 0 saturated heterocycles. The predicted octanol–water partition coefficient (Wildman–Crippen LogP) is 25.7. The first kappa shape index (κ1) is 82.9. The second-order valence-corrected chi connectivity index (χ2v) is 27.4. The molecule has 0 aliphatic carbocycles. The van der Waals surface area contributed by atoms with Gasteiger partial charge in [-0.2, -0.15) is 0 Å². The number of hydrogen-bond donors (Lipinski definition) is 3. The Labute approximate surface area is 527 Å². The number of hydrogen-bond acceptors (Lipinski definition) is 5. The molecular weight excluding hydrogens is 1030 g/mol. The number of carbonyl (C=O) groups is 2.